The highest BCUT2D eigenvalue weighted by Crippen LogP contribution is 2.31. The van der Waals surface area contributed by atoms with Crippen LogP contribution in [0.5, 0.6) is 5.75 Å². The maximum Gasteiger partial charge on any atom is 0.260 e. The van der Waals surface area contributed by atoms with Crippen molar-refractivity contribution in [3.8, 4) is 5.75 Å². The molecule has 4 rings (SSSR count). The van der Waals surface area contributed by atoms with Crippen LogP contribution in [-0.2, 0) is 4.79 Å². The second kappa shape index (κ2) is 10.1. The van der Waals surface area contributed by atoms with Crippen LogP contribution in [-0.4, -0.2) is 63.9 Å². The Bertz CT molecular complexity index is 941. The normalized spacial score (nSPS) is 19.6. The summed E-state index contributed by atoms with van der Waals surface area (Å²) in [6.45, 7) is 5.96. The van der Waals surface area contributed by atoms with Crippen LogP contribution in [0.15, 0.2) is 36.5 Å². The smallest absolute Gasteiger partial charge is 0.260 e. The largest absolute Gasteiger partial charge is 0.484 e. The minimum absolute atomic E-state index is 0.00814. The average molecular weight is 437 g/mol. The SMILES string of the molecule is Cc1ncc(C(=O)N2CCC([C@@H]3CCCCN3C(=O)COc3ccccc3)CC2)c(C)n1. The Hall–Kier alpha value is -2.96. The third-order valence-corrected chi connectivity index (χ3v) is 6.68. The minimum atomic E-state index is 0.00814. The Balaban J connectivity index is 1.34. The van der Waals surface area contributed by atoms with Crippen molar-refractivity contribution in [1.29, 1.82) is 0 Å². The Morgan fingerprint density at radius 3 is 2.50 bits per heavy atom. The summed E-state index contributed by atoms with van der Waals surface area (Å²) in [5, 5.41) is 0. The van der Waals surface area contributed by atoms with Gasteiger partial charge in [-0.2, -0.15) is 0 Å². The molecule has 2 aliphatic heterocycles. The topological polar surface area (TPSA) is 75.6 Å². The van der Waals surface area contributed by atoms with Crippen LogP contribution in [0.3, 0.4) is 0 Å². The first-order valence-electron chi connectivity index (χ1n) is 11.6. The molecule has 2 amide bonds. The number of rotatable bonds is 5. The molecule has 0 spiro atoms. The molecule has 0 radical (unpaired) electrons. The maximum absolute atomic E-state index is 13.0. The summed E-state index contributed by atoms with van der Waals surface area (Å²) in [7, 11) is 0. The zero-order chi connectivity index (χ0) is 22.5. The summed E-state index contributed by atoms with van der Waals surface area (Å²) in [5.74, 6) is 1.88. The highest BCUT2D eigenvalue weighted by molar-refractivity contribution is 5.95. The van der Waals surface area contributed by atoms with Crippen molar-refractivity contribution < 1.29 is 14.3 Å². The van der Waals surface area contributed by atoms with Crippen molar-refractivity contribution in [2.45, 2.75) is 52.0 Å². The van der Waals surface area contributed by atoms with Gasteiger partial charge in [0.1, 0.15) is 11.6 Å². The molecule has 0 unspecified atom stereocenters. The van der Waals surface area contributed by atoms with E-state index in [2.05, 4.69) is 9.97 Å². The van der Waals surface area contributed by atoms with E-state index in [4.69, 9.17) is 4.74 Å². The third kappa shape index (κ3) is 5.09. The van der Waals surface area contributed by atoms with Crippen LogP contribution in [0.1, 0.15) is 54.0 Å². The zero-order valence-electron chi connectivity index (χ0n) is 19.0. The number of hydrogen-bond donors (Lipinski definition) is 0. The zero-order valence-corrected chi connectivity index (χ0v) is 19.0. The van der Waals surface area contributed by atoms with Gasteiger partial charge in [0.05, 0.1) is 11.3 Å². The number of benzene rings is 1. The number of ether oxygens (including phenoxy) is 1. The molecule has 3 heterocycles. The Morgan fingerprint density at radius 1 is 1.03 bits per heavy atom. The molecule has 2 aromatic rings. The number of aromatic nitrogens is 2. The van der Waals surface area contributed by atoms with Crippen LogP contribution < -0.4 is 4.74 Å². The predicted molar refractivity (Wildman–Crippen MR) is 121 cm³/mol. The summed E-state index contributed by atoms with van der Waals surface area (Å²) in [6.07, 6.45) is 6.67. The molecule has 1 atom stereocenters. The van der Waals surface area contributed by atoms with Gasteiger partial charge in [-0.25, -0.2) is 9.97 Å². The molecule has 2 saturated heterocycles. The molecule has 170 valence electrons. The number of aryl methyl sites for hydroxylation is 2. The van der Waals surface area contributed by atoms with Gasteiger partial charge in [-0.1, -0.05) is 18.2 Å². The molecule has 2 aliphatic rings. The van der Waals surface area contributed by atoms with Gasteiger partial charge >= 0.3 is 0 Å². The fourth-order valence-corrected chi connectivity index (χ4v) is 4.95. The van der Waals surface area contributed by atoms with E-state index in [0.29, 0.717) is 30.4 Å². The van der Waals surface area contributed by atoms with Gasteiger partial charge < -0.3 is 14.5 Å². The molecule has 2 fully saturated rings. The van der Waals surface area contributed by atoms with Gasteiger partial charge in [-0.05, 0) is 64.0 Å². The van der Waals surface area contributed by atoms with Crippen LogP contribution in [0.25, 0.3) is 0 Å². The lowest BCUT2D eigenvalue weighted by molar-refractivity contribution is -0.139. The number of likely N-dealkylation sites (tertiary alicyclic amines) is 2. The van der Waals surface area contributed by atoms with Gasteiger partial charge in [-0.3, -0.25) is 9.59 Å². The lowest BCUT2D eigenvalue weighted by Gasteiger charge is -2.43. The van der Waals surface area contributed by atoms with Gasteiger partial charge in [0, 0.05) is 31.9 Å². The molecular weight excluding hydrogens is 404 g/mol. The maximum atomic E-state index is 13.0. The van der Waals surface area contributed by atoms with E-state index in [9.17, 15) is 9.59 Å². The third-order valence-electron chi connectivity index (χ3n) is 6.68. The number of hydrogen-bond acceptors (Lipinski definition) is 5. The number of nitrogens with zero attached hydrogens (tertiary/aromatic N) is 4. The van der Waals surface area contributed by atoms with Crippen molar-refractivity contribution >= 4 is 11.8 Å². The highest BCUT2D eigenvalue weighted by atomic mass is 16.5. The van der Waals surface area contributed by atoms with E-state index >= 15 is 0 Å². The van der Waals surface area contributed by atoms with E-state index in [1.165, 1.54) is 0 Å². The van der Waals surface area contributed by atoms with E-state index in [0.717, 1.165) is 50.1 Å². The lowest BCUT2D eigenvalue weighted by Crippen LogP contribution is -2.52. The van der Waals surface area contributed by atoms with Crippen molar-refractivity contribution in [3.63, 3.8) is 0 Å². The molecule has 0 N–H and O–H groups in total. The fourth-order valence-electron chi connectivity index (χ4n) is 4.95. The first kappa shape index (κ1) is 22.2. The molecule has 1 aromatic carbocycles. The second-order valence-electron chi connectivity index (χ2n) is 8.80. The summed E-state index contributed by atoms with van der Waals surface area (Å²) in [4.78, 5) is 38.4. The van der Waals surface area contributed by atoms with Gasteiger partial charge in [0.15, 0.2) is 6.61 Å². The van der Waals surface area contributed by atoms with Gasteiger partial charge in [0.25, 0.3) is 11.8 Å². The Kier molecular flexibility index (Phi) is 7.02. The Morgan fingerprint density at radius 2 is 1.78 bits per heavy atom. The molecule has 0 aliphatic carbocycles. The molecule has 32 heavy (non-hydrogen) atoms. The quantitative estimate of drug-likeness (QED) is 0.718. The molecule has 7 heteroatoms. The Labute approximate surface area is 189 Å². The number of carbonyl (C=O) groups is 2. The van der Waals surface area contributed by atoms with Crippen molar-refractivity contribution in [2.75, 3.05) is 26.2 Å². The second-order valence-corrected chi connectivity index (χ2v) is 8.80. The van der Waals surface area contributed by atoms with Crippen LogP contribution in [0, 0.1) is 19.8 Å². The number of para-hydroxylation sites is 1. The highest BCUT2D eigenvalue weighted by Gasteiger charge is 2.36. The van der Waals surface area contributed by atoms with E-state index in [1.807, 2.05) is 54.0 Å². The summed E-state index contributed by atoms with van der Waals surface area (Å²) in [5.41, 5.74) is 1.31. The first-order chi connectivity index (χ1) is 15.5. The van der Waals surface area contributed by atoms with Crippen molar-refractivity contribution in [2.24, 2.45) is 5.92 Å². The molecule has 7 nitrogen and oxygen atoms in total. The molecule has 0 saturated carbocycles. The standard InChI is InChI=1S/C25H32N4O3/c1-18-22(16-26-19(2)27-18)25(31)28-14-11-20(12-15-28)23-10-6-7-13-29(23)24(30)17-32-21-8-4-3-5-9-21/h3-5,8-9,16,20,23H,6-7,10-15,17H2,1-2H3/t23-/m0/s1. The van der Waals surface area contributed by atoms with Crippen LogP contribution >= 0.6 is 0 Å². The average Bonchev–Trinajstić information content (AvgIpc) is 2.83. The predicted octanol–water partition coefficient (Wildman–Crippen LogP) is 3.41. The fraction of sp³-hybridized carbons (Fsp3) is 0.520. The van der Waals surface area contributed by atoms with E-state index in [-0.39, 0.29) is 24.5 Å². The van der Waals surface area contributed by atoms with Gasteiger partial charge in [-0.15, -0.1) is 0 Å². The van der Waals surface area contributed by atoms with Crippen LogP contribution in [0.2, 0.25) is 0 Å². The molecular formula is C25H32N4O3. The summed E-state index contributed by atoms with van der Waals surface area (Å²) in [6, 6.07) is 9.71. The monoisotopic (exact) mass is 436 g/mol. The van der Waals surface area contributed by atoms with Crippen molar-refractivity contribution in [3.05, 3.63) is 53.6 Å². The molecule has 1 aromatic heterocycles. The number of piperidine rings is 2. The van der Waals surface area contributed by atoms with Crippen LogP contribution in [0.4, 0.5) is 0 Å². The number of amides is 2. The lowest BCUT2D eigenvalue weighted by atomic mass is 9.83. The van der Waals surface area contributed by atoms with E-state index in [1.54, 1.807) is 6.20 Å². The van der Waals surface area contributed by atoms with E-state index < -0.39 is 0 Å². The van der Waals surface area contributed by atoms with Crippen molar-refractivity contribution in [1.82, 2.24) is 19.8 Å². The molecule has 0 bridgehead atoms. The summed E-state index contributed by atoms with van der Waals surface area (Å²) < 4.78 is 5.72. The first-order valence-corrected chi connectivity index (χ1v) is 11.6. The summed E-state index contributed by atoms with van der Waals surface area (Å²) >= 11 is 0. The minimum Gasteiger partial charge on any atom is -0.484 e. The number of carbonyl (C=O) groups excluding carboxylic acids is 2. The van der Waals surface area contributed by atoms with Gasteiger partial charge in [0.2, 0.25) is 0 Å².